The average molecular weight is 660 g/mol. The second kappa shape index (κ2) is 15.2. The molecule has 5 rings (SSSR count). The summed E-state index contributed by atoms with van der Waals surface area (Å²) in [5, 5.41) is 12.6. The number of fused-ring (bicyclic) bond motifs is 1. The minimum atomic E-state index is -1.25. The number of aliphatic hydroxyl groups is 1. The van der Waals surface area contributed by atoms with E-state index in [1.165, 1.54) is 4.90 Å². The van der Waals surface area contributed by atoms with Crippen molar-refractivity contribution in [3.05, 3.63) is 85.5 Å². The molecule has 256 valence electrons. The van der Waals surface area contributed by atoms with E-state index in [1.807, 2.05) is 30.3 Å². The number of methoxy groups -OCH3 is 1. The number of hydrogen-bond donors (Lipinski definition) is 2. The molecule has 11 heteroatoms. The highest BCUT2D eigenvalue weighted by Gasteiger charge is 2.75. The summed E-state index contributed by atoms with van der Waals surface area (Å²) in [5.41, 5.74) is 0.0286. The molecule has 48 heavy (non-hydrogen) atoms. The van der Waals surface area contributed by atoms with Gasteiger partial charge >= 0.3 is 5.97 Å². The molecule has 2 aromatic rings. The van der Waals surface area contributed by atoms with Gasteiger partial charge in [0.25, 0.3) is 5.91 Å². The number of allylic oxidation sites excluding steroid dienone is 1. The van der Waals surface area contributed by atoms with Gasteiger partial charge in [0.05, 0.1) is 31.1 Å². The van der Waals surface area contributed by atoms with E-state index in [1.54, 1.807) is 55.4 Å². The van der Waals surface area contributed by atoms with Crippen molar-refractivity contribution >= 4 is 29.4 Å². The van der Waals surface area contributed by atoms with Gasteiger partial charge in [0.2, 0.25) is 11.8 Å². The predicted octanol–water partition coefficient (Wildman–Crippen LogP) is 3.73. The summed E-state index contributed by atoms with van der Waals surface area (Å²) in [6.45, 7) is 9.40. The smallest absolute Gasteiger partial charge is 0.313 e. The maximum Gasteiger partial charge on any atom is 0.313 e. The number of esters is 1. The van der Waals surface area contributed by atoms with Gasteiger partial charge in [0.1, 0.15) is 23.5 Å². The van der Waals surface area contributed by atoms with Crippen molar-refractivity contribution in [1.82, 2.24) is 10.2 Å². The molecule has 2 aromatic carbocycles. The first-order valence-electron chi connectivity index (χ1n) is 16.5. The number of ether oxygens (including phenoxy) is 3. The van der Waals surface area contributed by atoms with Crippen LogP contribution in [0.5, 0.6) is 5.75 Å². The third-order valence-electron chi connectivity index (χ3n) is 9.61. The Balaban J connectivity index is 1.46. The third-order valence-corrected chi connectivity index (χ3v) is 9.61. The number of nitrogens with one attached hydrogen (secondary N) is 1. The van der Waals surface area contributed by atoms with Crippen LogP contribution in [0.3, 0.4) is 0 Å². The minimum Gasteiger partial charge on any atom is -0.497 e. The summed E-state index contributed by atoms with van der Waals surface area (Å²) in [6, 6.07) is 14.6. The minimum absolute atomic E-state index is 0.116. The molecule has 0 saturated carbocycles. The van der Waals surface area contributed by atoms with Crippen molar-refractivity contribution in [2.45, 2.75) is 68.9 Å². The topological polar surface area (TPSA) is 135 Å². The number of benzene rings is 2. The zero-order valence-corrected chi connectivity index (χ0v) is 27.6. The molecule has 3 amide bonds. The van der Waals surface area contributed by atoms with Crippen molar-refractivity contribution in [2.75, 3.05) is 31.7 Å². The van der Waals surface area contributed by atoms with Crippen LogP contribution in [0.25, 0.3) is 0 Å². The number of carbonyl (C=O) groups excluding carboxylic acids is 4. The third kappa shape index (κ3) is 6.61. The number of carbonyl (C=O) groups is 4. The monoisotopic (exact) mass is 659 g/mol. The molecule has 1 spiro atoms. The number of amides is 3. The van der Waals surface area contributed by atoms with Gasteiger partial charge in [-0.05, 0) is 62.4 Å². The van der Waals surface area contributed by atoms with E-state index in [0.29, 0.717) is 36.3 Å². The Morgan fingerprint density at radius 3 is 2.52 bits per heavy atom. The highest BCUT2D eigenvalue weighted by atomic mass is 16.6. The SMILES string of the molecule is C=CCCC(=O)N[C@H](C)[C@@H](OC(=O)[C@@H]1[C@H]2C(=O)N(CCCO)[C@H](C(=O)N(CC=C)c3ccc(OC)cc3)[C@]23CC[C@H]1O3)c1ccccc1. The summed E-state index contributed by atoms with van der Waals surface area (Å²) in [6.07, 6.45) is 3.71. The Kier molecular flexibility index (Phi) is 11.0. The zero-order chi connectivity index (χ0) is 34.4. The van der Waals surface area contributed by atoms with Crippen molar-refractivity contribution in [1.29, 1.82) is 0 Å². The molecule has 3 saturated heterocycles. The number of likely N-dealkylation sites (tertiary alicyclic amines) is 1. The lowest BCUT2D eigenvalue weighted by molar-refractivity contribution is -0.162. The lowest BCUT2D eigenvalue weighted by Crippen LogP contribution is -2.56. The van der Waals surface area contributed by atoms with Gasteiger partial charge < -0.3 is 34.4 Å². The van der Waals surface area contributed by atoms with E-state index in [2.05, 4.69) is 18.5 Å². The summed E-state index contributed by atoms with van der Waals surface area (Å²) in [5.74, 6) is -2.83. The van der Waals surface area contributed by atoms with Crippen LogP contribution in [0.1, 0.15) is 50.7 Å². The van der Waals surface area contributed by atoms with Crippen LogP contribution < -0.4 is 15.0 Å². The highest BCUT2D eigenvalue weighted by Crippen LogP contribution is 2.59. The molecule has 0 unspecified atom stereocenters. The predicted molar refractivity (Wildman–Crippen MR) is 179 cm³/mol. The largest absolute Gasteiger partial charge is 0.497 e. The second-order valence-corrected chi connectivity index (χ2v) is 12.6. The van der Waals surface area contributed by atoms with Crippen LogP contribution >= 0.6 is 0 Å². The molecule has 3 aliphatic heterocycles. The fraction of sp³-hybridized carbons (Fsp3) is 0.459. The number of hydrogen-bond acceptors (Lipinski definition) is 8. The van der Waals surface area contributed by atoms with Crippen LogP contribution in [-0.2, 0) is 28.7 Å². The van der Waals surface area contributed by atoms with E-state index in [4.69, 9.17) is 14.2 Å². The molecule has 0 aromatic heterocycles. The van der Waals surface area contributed by atoms with Crippen LogP contribution in [0, 0.1) is 11.8 Å². The molecule has 3 heterocycles. The fourth-order valence-corrected chi connectivity index (χ4v) is 7.48. The first-order chi connectivity index (χ1) is 23.2. The Labute approximate surface area is 281 Å². The van der Waals surface area contributed by atoms with Crippen molar-refractivity contribution < 1.29 is 38.5 Å². The van der Waals surface area contributed by atoms with Gasteiger partial charge in [-0.15, -0.1) is 13.2 Å². The van der Waals surface area contributed by atoms with Crippen molar-refractivity contribution in [2.24, 2.45) is 11.8 Å². The average Bonchev–Trinajstić information content (AvgIpc) is 3.74. The number of nitrogens with zero attached hydrogens (tertiary/aromatic N) is 2. The summed E-state index contributed by atoms with van der Waals surface area (Å²) in [4.78, 5) is 58.8. The van der Waals surface area contributed by atoms with E-state index in [0.717, 1.165) is 0 Å². The summed E-state index contributed by atoms with van der Waals surface area (Å²) in [7, 11) is 1.56. The van der Waals surface area contributed by atoms with Crippen LogP contribution in [0.4, 0.5) is 5.69 Å². The molecule has 3 aliphatic rings. The molecule has 11 nitrogen and oxygen atoms in total. The van der Waals surface area contributed by atoms with E-state index < -0.39 is 47.7 Å². The first kappa shape index (κ1) is 34.8. The van der Waals surface area contributed by atoms with Gasteiger partial charge in [-0.3, -0.25) is 19.2 Å². The highest BCUT2D eigenvalue weighted by molar-refractivity contribution is 6.04. The van der Waals surface area contributed by atoms with Gasteiger partial charge in [-0.25, -0.2) is 0 Å². The summed E-state index contributed by atoms with van der Waals surface area (Å²) < 4.78 is 18.1. The Morgan fingerprint density at radius 2 is 1.88 bits per heavy atom. The molecule has 3 fully saturated rings. The van der Waals surface area contributed by atoms with Gasteiger partial charge in [-0.2, -0.15) is 0 Å². The van der Waals surface area contributed by atoms with Crippen molar-refractivity contribution in [3.8, 4) is 5.75 Å². The van der Waals surface area contributed by atoms with Gasteiger partial charge in [-0.1, -0.05) is 42.5 Å². The molecule has 0 radical (unpaired) electrons. The fourth-order valence-electron chi connectivity index (χ4n) is 7.48. The Bertz CT molecular complexity index is 1500. The standard InChI is InChI=1S/C37H45N3O8/c1-5-7-14-29(42)38-24(3)32(25-12-9-8-10-13-25)47-36(45)30-28-19-20-37(48-28)31(30)34(43)40(22-11-23-41)33(37)35(44)39(21-6-2)26-15-17-27(46-4)18-16-26/h5-6,8-10,12-13,15-18,24,28,30-33,41H,1-2,7,11,14,19-23H2,3-4H3,(H,38,42)/t24-,28-,30+,31+,32-,33-,37+/m1/s1. The van der Waals surface area contributed by atoms with Crippen LogP contribution in [0.15, 0.2) is 79.9 Å². The van der Waals surface area contributed by atoms with Crippen LogP contribution in [0.2, 0.25) is 0 Å². The zero-order valence-electron chi connectivity index (χ0n) is 27.6. The normalized spacial score (nSPS) is 25.1. The number of anilines is 1. The molecular weight excluding hydrogens is 614 g/mol. The van der Waals surface area contributed by atoms with Crippen LogP contribution in [-0.4, -0.2) is 84.3 Å². The molecule has 7 atom stereocenters. The number of rotatable bonds is 16. The van der Waals surface area contributed by atoms with E-state index in [9.17, 15) is 24.3 Å². The second-order valence-electron chi connectivity index (χ2n) is 12.6. The molecule has 2 bridgehead atoms. The Morgan fingerprint density at radius 1 is 1.15 bits per heavy atom. The first-order valence-corrected chi connectivity index (χ1v) is 16.5. The number of aliphatic hydroxyl groups excluding tert-OH is 1. The summed E-state index contributed by atoms with van der Waals surface area (Å²) >= 11 is 0. The lowest BCUT2D eigenvalue weighted by Gasteiger charge is -2.36. The van der Waals surface area contributed by atoms with Gasteiger partial charge in [0, 0.05) is 31.8 Å². The molecule has 2 N–H and O–H groups in total. The molecule has 0 aliphatic carbocycles. The maximum absolute atomic E-state index is 14.6. The van der Waals surface area contributed by atoms with Gasteiger partial charge in [0.15, 0.2) is 0 Å². The molecular formula is C37H45N3O8. The maximum atomic E-state index is 14.6. The van der Waals surface area contributed by atoms with E-state index >= 15 is 0 Å². The Hall–Kier alpha value is -4.48. The lowest BCUT2D eigenvalue weighted by atomic mass is 9.70. The van der Waals surface area contributed by atoms with E-state index in [-0.39, 0.29) is 50.3 Å². The quantitative estimate of drug-likeness (QED) is 0.206. The van der Waals surface area contributed by atoms with Crippen molar-refractivity contribution in [3.63, 3.8) is 0 Å².